The Morgan fingerprint density at radius 1 is 1.40 bits per heavy atom. The summed E-state index contributed by atoms with van der Waals surface area (Å²) < 4.78 is 4.25. The van der Waals surface area contributed by atoms with Crippen LogP contribution in [0.4, 0.5) is 0 Å². The van der Waals surface area contributed by atoms with Gasteiger partial charge in [0.2, 0.25) is 6.41 Å². The van der Waals surface area contributed by atoms with Gasteiger partial charge in [-0.05, 0) is 6.92 Å². The fourth-order valence-electron chi connectivity index (χ4n) is 0.631. The van der Waals surface area contributed by atoms with Crippen molar-refractivity contribution >= 4 is 24.3 Å². The molecule has 0 fully saturated rings. The fraction of sp³-hybridized carbons (Fsp3) is 0.500. The molecule has 84 valence electrons. The summed E-state index contributed by atoms with van der Waals surface area (Å²) in [5, 5.41) is 10.3. The Balaban J connectivity index is 3.90. The van der Waals surface area contributed by atoms with Crippen molar-refractivity contribution in [3.8, 4) is 0 Å². The number of hydrogen-bond acceptors (Lipinski definition) is 5. The van der Waals surface area contributed by atoms with E-state index in [9.17, 15) is 19.2 Å². The molecular weight excluding hydrogens is 206 g/mol. The van der Waals surface area contributed by atoms with Crippen molar-refractivity contribution in [1.82, 2.24) is 5.32 Å². The highest BCUT2D eigenvalue weighted by atomic mass is 16.6. The van der Waals surface area contributed by atoms with E-state index in [-0.39, 0.29) is 6.42 Å². The fourth-order valence-corrected chi connectivity index (χ4v) is 0.631. The van der Waals surface area contributed by atoms with Crippen LogP contribution in [0.5, 0.6) is 0 Å². The third-order valence-corrected chi connectivity index (χ3v) is 1.43. The molecule has 0 aromatic rings. The van der Waals surface area contributed by atoms with Crippen LogP contribution >= 0.6 is 0 Å². The summed E-state index contributed by atoms with van der Waals surface area (Å²) in [6.07, 6.45) is -0.482. The zero-order valence-corrected chi connectivity index (χ0v) is 8.06. The maximum atomic E-state index is 11.0. The quantitative estimate of drug-likeness (QED) is 0.337. The molecule has 0 aliphatic heterocycles. The Kier molecular flexibility index (Phi) is 5.69. The first-order chi connectivity index (χ1) is 6.97. The number of hydrogen-bond donors (Lipinski definition) is 2. The van der Waals surface area contributed by atoms with Crippen LogP contribution in [0.1, 0.15) is 19.8 Å². The summed E-state index contributed by atoms with van der Waals surface area (Å²) in [5.41, 5.74) is 0. The van der Waals surface area contributed by atoms with Crippen LogP contribution in [0.2, 0.25) is 0 Å². The number of esters is 2. The SMILES string of the molecule is C[C@H](NC=O)C(=O)OC(=O)CCC(=O)O. The van der Waals surface area contributed by atoms with Crippen LogP contribution in [0, 0.1) is 0 Å². The Hall–Kier alpha value is -1.92. The molecule has 7 heteroatoms. The molecule has 0 rings (SSSR count). The summed E-state index contributed by atoms with van der Waals surface area (Å²) in [4.78, 5) is 41.8. The second kappa shape index (κ2) is 6.52. The zero-order valence-electron chi connectivity index (χ0n) is 8.06. The van der Waals surface area contributed by atoms with Crippen molar-refractivity contribution in [3.05, 3.63) is 0 Å². The van der Waals surface area contributed by atoms with Crippen molar-refractivity contribution in [2.24, 2.45) is 0 Å². The van der Waals surface area contributed by atoms with Crippen LogP contribution in [0.15, 0.2) is 0 Å². The first-order valence-electron chi connectivity index (χ1n) is 4.13. The molecule has 1 amide bonds. The van der Waals surface area contributed by atoms with Gasteiger partial charge in [-0.1, -0.05) is 0 Å². The van der Waals surface area contributed by atoms with Crippen molar-refractivity contribution in [2.45, 2.75) is 25.8 Å². The van der Waals surface area contributed by atoms with E-state index in [4.69, 9.17) is 5.11 Å². The second-order valence-corrected chi connectivity index (χ2v) is 2.69. The Labute approximate surface area is 85.4 Å². The number of carbonyl (C=O) groups is 4. The third kappa shape index (κ3) is 6.19. The average molecular weight is 217 g/mol. The van der Waals surface area contributed by atoms with Crippen LogP contribution < -0.4 is 5.32 Å². The molecule has 0 saturated heterocycles. The van der Waals surface area contributed by atoms with Crippen molar-refractivity contribution in [1.29, 1.82) is 0 Å². The standard InChI is InChI=1S/C8H11NO6/c1-5(9-4-10)8(14)15-7(13)3-2-6(11)12/h4-5H,2-3H2,1H3,(H,9,10)(H,11,12)/t5-/m0/s1. The van der Waals surface area contributed by atoms with Gasteiger partial charge in [-0.2, -0.15) is 0 Å². The van der Waals surface area contributed by atoms with Gasteiger partial charge in [0.25, 0.3) is 0 Å². The molecular formula is C8H11NO6. The summed E-state index contributed by atoms with van der Waals surface area (Å²) in [6.45, 7) is 1.33. The van der Waals surface area contributed by atoms with Crippen LogP contribution in [0.25, 0.3) is 0 Å². The third-order valence-electron chi connectivity index (χ3n) is 1.43. The van der Waals surface area contributed by atoms with Crippen molar-refractivity contribution < 1.29 is 29.0 Å². The number of carboxylic acid groups (broad SMARTS) is 1. The molecule has 7 nitrogen and oxygen atoms in total. The van der Waals surface area contributed by atoms with E-state index in [0.717, 1.165) is 0 Å². The molecule has 0 saturated carbocycles. The number of carbonyl (C=O) groups excluding carboxylic acids is 3. The van der Waals surface area contributed by atoms with Gasteiger partial charge in [0, 0.05) is 0 Å². The van der Waals surface area contributed by atoms with E-state index in [1.807, 2.05) is 0 Å². The van der Waals surface area contributed by atoms with Gasteiger partial charge in [-0.15, -0.1) is 0 Å². The maximum absolute atomic E-state index is 11.0. The number of nitrogens with one attached hydrogen (secondary N) is 1. The minimum absolute atomic E-state index is 0.299. The molecule has 0 aliphatic rings. The van der Waals surface area contributed by atoms with Gasteiger partial charge >= 0.3 is 17.9 Å². The van der Waals surface area contributed by atoms with Gasteiger partial charge in [-0.25, -0.2) is 4.79 Å². The second-order valence-electron chi connectivity index (χ2n) is 2.69. The van der Waals surface area contributed by atoms with E-state index < -0.39 is 30.4 Å². The smallest absolute Gasteiger partial charge is 0.335 e. The minimum Gasteiger partial charge on any atom is -0.481 e. The number of rotatable bonds is 6. The van der Waals surface area contributed by atoms with Crippen molar-refractivity contribution in [3.63, 3.8) is 0 Å². The highest BCUT2D eigenvalue weighted by Gasteiger charge is 2.17. The lowest BCUT2D eigenvalue weighted by atomic mass is 10.3. The van der Waals surface area contributed by atoms with Gasteiger partial charge in [-0.3, -0.25) is 14.4 Å². The largest absolute Gasteiger partial charge is 0.481 e. The van der Waals surface area contributed by atoms with Gasteiger partial charge in [0.15, 0.2) is 0 Å². The summed E-state index contributed by atoms with van der Waals surface area (Å²) in [6, 6.07) is -0.934. The Morgan fingerprint density at radius 3 is 2.47 bits per heavy atom. The number of ether oxygens (including phenoxy) is 1. The molecule has 0 aromatic carbocycles. The topological polar surface area (TPSA) is 110 Å². The molecule has 0 bridgehead atoms. The van der Waals surface area contributed by atoms with Crippen molar-refractivity contribution in [2.75, 3.05) is 0 Å². The normalized spacial score (nSPS) is 11.3. The summed E-state index contributed by atoms with van der Waals surface area (Å²) in [5.74, 6) is -3.00. The zero-order chi connectivity index (χ0) is 11.8. The molecule has 0 spiro atoms. The lowest BCUT2D eigenvalue weighted by molar-refractivity contribution is -0.162. The number of amides is 1. The van der Waals surface area contributed by atoms with E-state index in [1.54, 1.807) is 0 Å². The average Bonchev–Trinajstić information content (AvgIpc) is 2.15. The molecule has 2 N–H and O–H groups in total. The lowest BCUT2D eigenvalue weighted by Gasteiger charge is -2.07. The maximum Gasteiger partial charge on any atom is 0.335 e. The summed E-state index contributed by atoms with van der Waals surface area (Å²) in [7, 11) is 0. The van der Waals surface area contributed by atoms with E-state index >= 15 is 0 Å². The molecule has 0 radical (unpaired) electrons. The van der Waals surface area contributed by atoms with E-state index in [1.165, 1.54) is 6.92 Å². The number of aliphatic carboxylic acids is 1. The Bertz CT molecular complexity index is 274. The van der Waals surface area contributed by atoms with Crippen LogP contribution in [0.3, 0.4) is 0 Å². The molecule has 15 heavy (non-hydrogen) atoms. The van der Waals surface area contributed by atoms with Crippen LogP contribution in [-0.4, -0.2) is 35.5 Å². The first-order valence-corrected chi connectivity index (χ1v) is 4.13. The Morgan fingerprint density at radius 2 is 2.00 bits per heavy atom. The van der Waals surface area contributed by atoms with Crippen LogP contribution in [-0.2, 0) is 23.9 Å². The molecule has 1 atom stereocenters. The predicted octanol–water partition coefficient (Wildman–Crippen LogP) is -0.944. The highest BCUT2D eigenvalue weighted by molar-refractivity contribution is 5.90. The van der Waals surface area contributed by atoms with Gasteiger partial charge < -0.3 is 15.2 Å². The first kappa shape index (κ1) is 13.1. The molecule has 0 aliphatic carbocycles. The predicted molar refractivity (Wildman–Crippen MR) is 46.6 cm³/mol. The highest BCUT2D eigenvalue weighted by Crippen LogP contribution is 1.95. The minimum atomic E-state index is -1.15. The molecule has 0 heterocycles. The monoisotopic (exact) mass is 217 g/mol. The van der Waals surface area contributed by atoms with E-state index in [0.29, 0.717) is 6.41 Å². The molecule has 0 unspecified atom stereocenters. The molecule has 0 aromatic heterocycles. The van der Waals surface area contributed by atoms with Gasteiger partial charge in [0.1, 0.15) is 6.04 Å². The van der Waals surface area contributed by atoms with E-state index in [2.05, 4.69) is 10.1 Å². The lowest BCUT2D eigenvalue weighted by Crippen LogP contribution is -2.35. The number of carboxylic acids is 1. The van der Waals surface area contributed by atoms with Gasteiger partial charge in [0.05, 0.1) is 12.8 Å². The summed E-state index contributed by atoms with van der Waals surface area (Å²) >= 11 is 0.